The largest absolute Gasteiger partial charge is 0.352 e. The van der Waals surface area contributed by atoms with E-state index in [2.05, 4.69) is 5.32 Å². The number of hydrogen-bond acceptors (Lipinski definition) is 4. The predicted octanol–water partition coefficient (Wildman–Crippen LogP) is 4.66. The van der Waals surface area contributed by atoms with Crippen LogP contribution in [0.3, 0.4) is 0 Å². The Bertz CT molecular complexity index is 1350. The summed E-state index contributed by atoms with van der Waals surface area (Å²) >= 11 is 0. The van der Waals surface area contributed by atoms with Gasteiger partial charge in [0.05, 0.1) is 10.6 Å². The summed E-state index contributed by atoms with van der Waals surface area (Å²) in [5.41, 5.74) is 1.45. The van der Waals surface area contributed by atoms with Gasteiger partial charge in [-0.3, -0.25) is 13.9 Å². The maximum absolute atomic E-state index is 14.6. The molecule has 0 aliphatic heterocycles. The van der Waals surface area contributed by atoms with Gasteiger partial charge in [0.1, 0.15) is 18.4 Å². The van der Waals surface area contributed by atoms with Crippen LogP contribution in [0.5, 0.6) is 0 Å². The molecule has 7 nitrogen and oxygen atoms in total. The number of rotatable bonds is 11. The summed E-state index contributed by atoms with van der Waals surface area (Å²) in [6, 6.07) is 19.5. The van der Waals surface area contributed by atoms with Crippen molar-refractivity contribution in [1.82, 2.24) is 10.2 Å². The van der Waals surface area contributed by atoms with Crippen LogP contribution in [0.25, 0.3) is 0 Å². The Morgan fingerprint density at radius 3 is 2.13 bits per heavy atom. The van der Waals surface area contributed by atoms with Crippen LogP contribution in [0.4, 0.5) is 10.1 Å². The van der Waals surface area contributed by atoms with Crippen LogP contribution < -0.4 is 9.62 Å². The molecule has 3 aromatic rings. The van der Waals surface area contributed by atoms with Gasteiger partial charge in [-0.1, -0.05) is 61.0 Å². The lowest BCUT2D eigenvalue weighted by Crippen LogP contribution is -2.52. The van der Waals surface area contributed by atoms with Gasteiger partial charge < -0.3 is 10.2 Å². The summed E-state index contributed by atoms with van der Waals surface area (Å²) in [4.78, 5) is 28.1. The van der Waals surface area contributed by atoms with Gasteiger partial charge in [-0.2, -0.15) is 0 Å². The Balaban J connectivity index is 2.02. The second-order valence-electron chi connectivity index (χ2n) is 9.27. The number of nitrogens with one attached hydrogen (secondary N) is 1. The third-order valence-corrected chi connectivity index (χ3v) is 8.19. The fraction of sp³-hybridized carbons (Fsp3) is 0.310. The summed E-state index contributed by atoms with van der Waals surface area (Å²) in [6.07, 6.45) is 0.691. The fourth-order valence-electron chi connectivity index (χ4n) is 3.82. The van der Waals surface area contributed by atoms with Crippen molar-refractivity contribution in [2.75, 3.05) is 10.8 Å². The van der Waals surface area contributed by atoms with Crippen LogP contribution in [-0.4, -0.2) is 43.8 Å². The van der Waals surface area contributed by atoms with Crippen molar-refractivity contribution in [3.8, 4) is 0 Å². The third kappa shape index (κ3) is 6.98. The molecule has 3 aromatic carbocycles. The van der Waals surface area contributed by atoms with Gasteiger partial charge in [0.2, 0.25) is 11.8 Å². The minimum absolute atomic E-state index is 0.0246. The maximum atomic E-state index is 14.6. The van der Waals surface area contributed by atoms with Crippen LogP contribution >= 0.6 is 0 Å². The number of benzene rings is 3. The number of hydrogen-bond donors (Lipinski definition) is 1. The first-order valence-electron chi connectivity index (χ1n) is 12.5. The normalized spacial score (nSPS) is 12.9. The molecule has 0 fully saturated rings. The summed E-state index contributed by atoms with van der Waals surface area (Å²) in [6.45, 7) is 6.42. The van der Waals surface area contributed by atoms with Crippen molar-refractivity contribution in [2.24, 2.45) is 0 Å². The predicted molar refractivity (Wildman–Crippen MR) is 146 cm³/mol. The Labute approximate surface area is 224 Å². The first kappa shape index (κ1) is 28.8. The molecule has 0 saturated heterocycles. The average molecular weight is 540 g/mol. The van der Waals surface area contributed by atoms with E-state index < -0.39 is 40.2 Å². The van der Waals surface area contributed by atoms with Gasteiger partial charge in [0.25, 0.3) is 10.0 Å². The lowest BCUT2D eigenvalue weighted by molar-refractivity contribution is -0.139. The molecule has 0 unspecified atom stereocenters. The van der Waals surface area contributed by atoms with Gasteiger partial charge >= 0.3 is 0 Å². The molecule has 2 atom stereocenters. The average Bonchev–Trinajstić information content (AvgIpc) is 2.91. The first-order valence-corrected chi connectivity index (χ1v) is 14.0. The number of carbonyl (C=O) groups excluding carboxylic acids is 2. The van der Waals surface area contributed by atoms with E-state index in [1.165, 1.54) is 35.2 Å². The van der Waals surface area contributed by atoms with Crippen LogP contribution in [-0.2, 0) is 26.2 Å². The van der Waals surface area contributed by atoms with Crippen molar-refractivity contribution in [3.63, 3.8) is 0 Å². The molecule has 0 aromatic heterocycles. The second-order valence-corrected chi connectivity index (χ2v) is 11.1. The number of nitrogens with zero attached hydrogens (tertiary/aromatic N) is 2. The molecule has 0 aliphatic carbocycles. The quantitative estimate of drug-likeness (QED) is 0.384. The molecule has 2 amide bonds. The lowest BCUT2D eigenvalue weighted by atomic mass is 10.1. The molecule has 3 rings (SSSR count). The van der Waals surface area contributed by atoms with Crippen LogP contribution in [0.2, 0.25) is 0 Å². The number of carbonyl (C=O) groups is 2. The highest BCUT2D eigenvalue weighted by Gasteiger charge is 2.33. The molecule has 0 spiro atoms. The minimum Gasteiger partial charge on any atom is -0.352 e. The third-order valence-electron chi connectivity index (χ3n) is 6.40. The van der Waals surface area contributed by atoms with Gasteiger partial charge in [-0.05, 0) is 57.5 Å². The molecule has 0 saturated carbocycles. The molecule has 38 heavy (non-hydrogen) atoms. The molecule has 0 heterocycles. The highest BCUT2D eigenvalue weighted by molar-refractivity contribution is 7.92. The summed E-state index contributed by atoms with van der Waals surface area (Å²) in [5.74, 6) is -1.57. The Morgan fingerprint density at radius 1 is 0.921 bits per heavy atom. The van der Waals surface area contributed by atoms with Gasteiger partial charge in [-0.15, -0.1) is 0 Å². The highest BCUT2D eigenvalue weighted by atomic mass is 32.2. The molecule has 0 aliphatic rings. The highest BCUT2D eigenvalue weighted by Crippen LogP contribution is 2.25. The van der Waals surface area contributed by atoms with Crippen LogP contribution in [0.15, 0.2) is 83.8 Å². The topological polar surface area (TPSA) is 86.8 Å². The monoisotopic (exact) mass is 539 g/mol. The van der Waals surface area contributed by atoms with Crippen molar-refractivity contribution >= 4 is 27.5 Å². The Kier molecular flexibility index (Phi) is 9.63. The van der Waals surface area contributed by atoms with E-state index >= 15 is 0 Å². The van der Waals surface area contributed by atoms with E-state index in [0.29, 0.717) is 12.1 Å². The smallest absolute Gasteiger partial charge is 0.264 e. The zero-order valence-electron chi connectivity index (χ0n) is 22.1. The van der Waals surface area contributed by atoms with Gasteiger partial charge in [0.15, 0.2) is 0 Å². The number of halogens is 1. The number of sulfonamides is 1. The molecular formula is C29H34FN3O4S. The minimum atomic E-state index is -4.13. The number of aryl methyl sites for hydroxylation is 1. The molecule has 1 N–H and O–H groups in total. The van der Waals surface area contributed by atoms with Crippen molar-refractivity contribution in [1.29, 1.82) is 0 Å². The van der Waals surface area contributed by atoms with Crippen molar-refractivity contribution in [2.45, 2.75) is 57.6 Å². The van der Waals surface area contributed by atoms with E-state index in [4.69, 9.17) is 0 Å². The fourth-order valence-corrected chi connectivity index (χ4v) is 5.25. The van der Waals surface area contributed by atoms with E-state index in [9.17, 15) is 22.4 Å². The first-order chi connectivity index (χ1) is 18.0. The Morgan fingerprint density at radius 2 is 1.53 bits per heavy atom. The van der Waals surface area contributed by atoms with E-state index in [1.807, 2.05) is 20.8 Å². The summed E-state index contributed by atoms with van der Waals surface area (Å²) in [5, 5.41) is 2.85. The number of anilines is 1. The van der Waals surface area contributed by atoms with Crippen molar-refractivity contribution in [3.05, 3.63) is 95.8 Å². The zero-order valence-corrected chi connectivity index (χ0v) is 22.9. The lowest BCUT2D eigenvalue weighted by Gasteiger charge is -2.32. The van der Waals surface area contributed by atoms with Crippen LogP contribution in [0.1, 0.15) is 38.3 Å². The van der Waals surface area contributed by atoms with E-state index in [-0.39, 0.29) is 23.0 Å². The van der Waals surface area contributed by atoms with Crippen molar-refractivity contribution < 1.29 is 22.4 Å². The molecule has 202 valence electrons. The molecule has 0 radical (unpaired) electrons. The zero-order chi connectivity index (χ0) is 27.9. The number of amides is 2. The summed E-state index contributed by atoms with van der Waals surface area (Å²) in [7, 11) is -4.13. The van der Waals surface area contributed by atoms with Crippen LogP contribution in [0, 0.1) is 12.7 Å². The molecule has 9 heteroatoms. The molecule has 0 bridgehead atoms. The van der Waals surface area contributed by atoms with Gasteiger partial charge in [0, 0.05) is 18.2 Å². The van der Waals surface area contributed by atoms with Gasteiger partial charge in [-0.25, -0.2) is 12.8 Å². The van der Waals surface area contributed by atoms with E-state index in [0.717, 1.165) is 9.87 Å². The standard InChI is InChI=1S/C29H34FN3O4S/c1-5-22(3)31-29(35)23(4)32(19-24-11-9-10-14-27(24)30)28(34)20-33(25-17-15-21(2)16-18-25)38(36,37)26-12-7-6-8-13-26/h6-18,22-23H,5,19-20H2,1-4H3,(H,31,35)/t22-,23+/m1/s1. The maximum Gasteiger partial charge on any atom is 0.264 e. The molecular weight excluding hydrogens is 505 g/mol. The Hall–Kier alpha value is -3.72. The SMILES string of the molecule is CC[C@@H](C)NC(=O)[C@H](C)N(Cc1ccccc1F)C(=O)CN(c1ccc(C)cc1)S(=O)(=O)c1ccccc1. The van der Waals surface area contributed by atoms with E-state index in [1.54, 1.807) is 55.5 Å². The summed E-state index contributed by atoms with van der Waals surface area (Å²) < 4.78 is 43.0. The second kappa shape index (κ2) is 12.7.